The molecule has 2 fully saturated rings. The molecule has 5 rings (SSSR count). The summed E-state index contributed by atoms with van der Waals surface area (Å²) in [6.07, 6.45) is 2.25. The summed E-state index contributed by atoms with van der Waals surface area (Å²) in [5, 5.41) is 9.69. The van der Waals surface area contributed by atoms with Gasteiger partial charge in [-0.15, -0.1) is 0 Å². The largest absolute Gasteiger partial charge is 0.357 e. The average molecular weight is 500 g/mol. The van der Waals surface area contributed by atoms with E-state index in [2.05, 4.69) is 9.88 Å². The summed E-state index contributed by atoms with van der Waals surface area (Å²) in [5.74, 6) is 0.307. The Hall–Kier alpha value is -2.88. The number of amides is 1. The molecule has 34 heavy (non-hydrogen) atoms. The van der Waals surface area contributed by atoms with Gasteiger partial charge in [-0.25, -0.2) is 8.42 Å². The minimum atomic E-state index is -3.83. The van der Waals surface area contributed by atoms with Crippen LogP contribution in [0.25, 0.3) is 10.9 Å². The number of benzene rings is 2. The van der Waals surface area contributed by atoms with Gasteiger partial charge in [-0.05, 0) is 36.6 Å². The summed E-state index contributed by atoms with van der Waals surface area (Å²) in [6, 6.07) is 14.4. The quantitative estimate of drug-likeness (QED) is 0.415. The molecular formula is C24H26ClN5O3S. The van der Waals surface area contributed by atoms with E-state index in [1.165, 1.54) is 4.31 Å². The number of aromatic amines is 1. The summed E-state index contributed by atoms with van der Waals surface area (Å²) in [4.78, 5) is 19.5. The van der Waals surface area contributed by atoms with Crippen molar-refractivity contribution in [2.24, 2.45) is 0 Å². The third kappa shape index (κ3) is 4.43. The highest BCUT2D eigenvalue weighted by molar-refractivity contribution is 7.89. The Kier molecular flexibility index (Phi) is 6.09. The summed E-state index contributed by atoms with van der Waals surface area (Å²) < 4.78 is 27.5. The number of carbonyl (C=O) groups is 1. The number of piperazine rings is 1. The van der Waals surface area contributed by atoms with Crippen molar-refractivity contribution in [2.45, 2.75) is 24.4 Å². The van der Waals surface area contributed by atoms with Gasteiger partial charge in [0.2, 0.25) is 5.91 Å². The van der Waals surface area contributed by atoms with Crippen molar-refractivity contribution in [3.05, 3.63) is 64.7 Å². The molecule has 3 heterocycles. The lowest BCUT2D eigenvalue weighted by Crippen LogP contribution is -2.51. The first-order valence-corrected chi connectivity index (χ1v) is 13.1. The summed E-state index contributed by atoms with van der Waals surface area (Å²) in [7, 11) is -3.83. The predicted molar refractivity (Wildman–Crippen MR) is 132 cm³/mol. The maximum absolute atomic E-state index is 13.1. The number of aromatic nitrogens is 1. The van der Waals surface area contributed by atoms with E-state index < -0.39 is 10.0 Å². The fourth-order valence-corrected chi connectivity index (χ4v) is 6.09. The number of fused-ring (bicyclic) bond motifs is 1. The van der Waals surface area contributed by atoms with E-state index in [-0.39, 0.29) is 24.0 Å². The zero-order valence-corrected chi connectivity index (χ0v) is 20.2. The first-order valence-electron chi connectivity index (χ1n) is 11.3. The van der Waals surface area contributed by atoms with Crippen molar-refractivity contribution in [2.75, 3.05) is 32.7 Å². The number of sulfonamides is 1. The number of hydrogen-bond donors (Lipinski definition) is 2. The monoisotopic (exact) mass is 499 g/mol. The first kappa shape index (κ1) is 22.9. The van der Waals surface area contributed by atoms with Crippen molar-refractivity contribution in [1.29, 1.82) is 5.41 Å². The van der Waals surface area contributed by atoms with Crippen molar-refractivity contribution < 1.29 is 13.2 Å². The predicted octanol–water partition coefficient (Wildman–Crippen LogP) is 3.28. The van der Waals surface area contributed by atoms with Crippen LogP contribution >= 0.6 is 11.6 Å². The maximum Gasteiger partial charge on any atom is 0.259 e. The van der Waals surface area contributed by atoms with Gasteiger partial charge in [-0.3, -0.25) is 10.2 Å². The van der Waals surface area contributed by atoms with E-state index in [0.717, 1.165) is 42.4 Å². The molecule has 1 amide bonds. The molecule has 0 atom stereocenters. The van der Waals surface area contributed by atoms with Crippen molar-refractivity contribution in [3.8, 4) is 0 Å². The zero-order chi connectivity index (χ0) is 23.9. The van der Waals surface area contributed by atoms with Crippen LogP contribution in [0.4, 0.5) is 0 Å². The molecule has 10 heteroatoms. The van der Waals surface area contributed by atoms with Crippen LogP contribution in [0.15, 0.2) is 53.6 Å². The normalized spacial score (nSPS) is 17.6. The molecule has 0 spiro atoms. The molecule has 0 unspecified atom stereocenters. The van der Waals surface area contributed by atoms with E-state index in [9.17, 15) is 13.2 Å². The molecule has 2 saturated heterocycles. The Morgan fingerprint density at radius 3 is 2.44 bits per heavy atom. The Morgan fingerprint density at radius 1 is 1.00 bits per heavy atom. The van der Waals surface area contributed by atoms with E-state index >= 15 is 0 Å². The van der Waals surface area contributed by atoms with E-state index in [1.807, 2.05) is 24.3 Å². The second-order valence-corrected chi connectivity index (χ2v) is 11.1. The number of rotatable bonds is 5. The second kappa shape index (κ2) is 9.05. The highest BCUT2D eigenvalue weighted by Gasteiger charge is 2.33. The lowest BCUT2D eigenvalue weighted by molar-refractivity contribution is -0.134. The molecule has 3 aromatic rings. The van der Waals surface area contributed by atoms with Crippen LogP contribution in [0.5, 0.6) is 0 Å². The molecule has 0 aliphatic carbocycles. The van der Waals surface area contributed by atoms with Gasteiger partial charge in [0.05, 0.1) is 6.54 Å². The van der Waals surface area contributed by atoms with Gasteiger partial charge in [0.1, 0.15) is 10.9 Å². The van der Waals surface area contributed by atoms with Crippen LogP contribution in [0.2, 0.25) is 5.02 Å². The van der Waals surface area contributed by atoms with Crippen molar-refractivity contribution >= 4 is 44.3 Å². The minimum Gasteiger partial charge on any atom is -0.357 e. The number of likely N-dealkylation sites (tertiary alicyclic amines) is 1. The highest BCUT2D eigenvalue weighted by atomic mass is 35.5. The van der Waals surface area contributed by atoms with Gasteiger partial charge in [-0.2, -0.15) is 4.31 Å². The van der Waals surface area contributed by atoms with Crippen molar-refractivity contribution in [1.82, 2.24) is 19.1 Å². The van der Waals surface area contributed by atoms with Gasteiger partial charge >= 0.3 is 0 Å². The van der Waals surface area contributed by atoms with Crippen LogP contribution in [0, 0.1) is 5.41 Å². The third-order valence-corrected chi connectivity index (χ3v) is 8.49. The Balaban J connectivity index is 1.23. The van der Waals surface area contributed by atoms with Crippen LogP contribution in [-0.2, 0) is 21.4 Å². The average Bonchev–Trinajstić information content (AvgIpc) is 3.50. The van der Waals surface area contributed by atoms with Gasteiger partial charge in [0.15, 0.2) is 0 Å². The minimum absolute atomic E-state index is 0.0575. The molecule has 1 aromatic heterocycles. The number of halogens is 1. The molecule has 0 radical (unpaired) electrons. The molecular weight excluding hydrogens is 474 g/mol. The highest BCUT2D eigenvalue weighted by Crippen LogP contribution is 2.25. The van der Waals surface area contributed by atoms with E-state index in [0.29, 0.717) is 29.5 Å². The second-order valence-electron chi connectivity index (χ2n) is 8.76. The SMILES string of the molecule is N=C(c1ccc(CN2CCN(S(=O)(=O)c3cc4ccc(Cl)cc4[nH]3)CC2=O)cc1)N1CCCC1. The molecule has 2 N–H and O–H groups in total. The fraction of sp³-hybridized carbons (Fsp3) is 0.333. The lowest BCUT2D eigenvalue weighted by atomic mass is 10.1. The van der Waals surface area contributed by atoms with Crippen LogP contribution in [0.1, 0.15) is 24.0 Å². The van der Waals surface area contributed by atoms with Gasteiger partial charge in [0.25, 0.3) is 10.0 Å². The molecule has 0 saturated carbocycles. The van der Waals surface area contributed by atoms with Crippen LogP contribution < -0.4 is 0 Å². The van der Waals surface area contributed by atoms with Gasteiger partial charge in [0, 0.05) is 54.2 Å². The Morgan fingerprint density at radius 2 is 1.74 bits per heavy atom. The van der Waals surface area contributed by atoms with Crippen LogP contribution in [0.3, 0.4) is 0 Å². The molecule has 2 aliphatic rings. The standard InChI is InChI=1S/C24H26ClN5O3S/c25-20-8-7-19-13-22(27-21(19)14-20)34(32,33)30-12-11-29(23(31)16-30)15-17-3-5-18(6-4-17)24(26)28-9-1-2-10-28/h3-8,13-14,26-27H,1-2,9-12,15-16H2. The summed E-state index contributed by atoms with van der Waals surface area (Å²) in [6.45, 7) is 2.60. The number of amidine groups is 1. The molecule has 0 bridgehead atoms. The Labute approximate surface area is 203 Å². The van der Waals surface area contributed by atoms with Crippen molar-refractivity contribution in [3.63, 3.8) is 0 Å². The lowest BCUT2D eigenvalue weighted by Gasteiger charge is -2.33. The topological polar surface area (TPSA) is 101 Å². The smallest absolute Gasteiger partial charge is 0.259 e. The number of hydrogen-bond acceptors (Lipinski definition) is 4. The maximum atomic E-state index is 13.1. The third-order valence-electron chi connectivity index (χ3n) is 6.48. The number of nitrogens with one attached hydrogen (secondary N) is 2. The summed E-state index contributed by atoms with van der Waals surface area (Å²) in [5.41, 5.74) is 2.46. The number of carbonyl (C=O) groups excluding carboxylic acids is 1. The van der Waals surface area contributed by atoms with E-state index in [4.69, 9.17) is 17.0 Å². The number of nitrogens with zero attached hydrogens (tertiary/aromatic N) is 3. The molecule has 2 aliphatic heterocycles. The zero-order valence-electron chi connectivity index (χ0n) is 18.6. The number of H-pyrrole nitrogens is 1. The molecule has 2 aromatic carbocycles. The summed E-state index contributed by atoms with van der Waals surface area (Å²) >= 11 is 6.00. The van der Waals surface area contributed by atoms with Gasteiger partial charge in [-0.1, -0.05) is 41.9 Å². The Bertz CT molecular complexity index is 1350. The van der Waals surface area contributed by atoms with Gasteiger partial charge < -0.3 is 14.8 Å². The fourth-order valence-electron chi connectivity index (χ4n) is 4.52. The first-order chi connectivity index (χ1) is 16.3. The van der Waals surface area contributed by atoms with E-state index in [1.54, 1.807) is 29.2 Å². The molecule has 8 nitrogen and oxygen atoms in total. The van der Waals surface area contributed by atoms with Crippen LogP contribution in [-0.4, -0.2) is 72.0 Å². The molecule has 178 valence electrons.